The SMILES string of the molecule is Cc1cc(CN)cc(C)c1NC(=O)c1cc2c(cc1-c1ccc(C(=O)N[C@H]3C[C@@H]4CC[C@H]3C4)nc1C(=O)O)OCCc1ccsc1-2. The molecule has 10 heteroatoms. The Balaban J connectivity index is 1.31. The summed E-state index contributed by atoms with van der Waals surface area (Å²) in [6.07, 6.45) is 5.11. The smallest absolute Gasteiger partial charge is 0.355 e. The van der Waals surface area contributed by atoms with E-state index in [0.717, 1.165) is 52.0 Å². The van der Waals surface area contributed by atoms with Crippen molar-refractivity contribution in [3.8, 4) is 27.3 Å². The number of rotatable bonds is 7. The van der Waals surface area contributed by atoms with Crippen LogP contribution in [0.4, 0.5) is 5.69 Å². The lowest BCUT2D eigenvalue weighted by atomic mass is 9.93. The molecule has 0 unspecified atom stereocenters. The van der Waals surface area contributed by atoms with Crippen LogP contribution in [0.1, 0.15) is 79.3 Å². The predicted molar refractivity (Wildman–Crippen MR) is 178 cm³/mol. The molecule has 7 rings (SSSR count). The molecule has 46 heavy (non-hydrogen) atoms. The van der Waals surface area contributed by atoms with Crippen molar-refractivity contribution in [2.24, 2.45) is 17.6 Å². The third kappa shape index (κ3) is 5.45. The highest BCUT2D eigenvalue weighted by Crippen LogP contribution is 2.45. The van der Waals surface area contributed by atoms with Crippen LogP contribution in [-0.2, 0) is 13.0 Å². The van der Waals surface area contributed by atoms with Crippen LogP contribution in [-0.4, -0.2) is 40.5 Å². The molecular formula is C36H36N4O5S. The lowest BCUT2D eigenvalue weighted by molar-refractivity contribution is 0.0691. The number of nitrogens with two attached hydrogens (primary N) is 1. The summed E-state index contributed by atoms with van der Waals surface area (Å²) in [5, 5.41) is 18.5. The van der Waals surface area contributed by atoms with E-state index < -0.39 is 11.9 Å². The van der Waals surface area contributed by atoms with E-state index in [4.69, 9.17) is 10.5 Å². The average Bonchev–Trinajstić information content (AvgIpc) is 3.78. The normalized spacial score (nSPS) is 19.5. The maximum atomic E-state index is 14.2. The van der Waals surface area contributed by atoms with Gasteiger partial charge >= 0.3 is 5.97 Å². The van der Waals surface area contributed by atoms with Gasteiger partial charge in [-0.05, 0) is 103 Å². The number of carbonyl (C=O) groups excluding carboxylic acids is 2. The van der Waals surface area contributed by atoms with Gasteiger partial charge < -0.3 is 26.2 Å². The second-order valence-corrected chi connectivity index (χ2v) is 13.6. The molecule has 0 saturated heterocycles. The van der Waals surface area contributed by atoms with E-state index in [0.29, 0.717) is 48.4 Å². The van der Waals surface area contributed by atoms with Crippen molar-refractivity contribution in [3.05, 3.63) is 87.0 Å². The third-order valence-corrected chi connectivity index (χ3v) is 10.7. The highest BCUT2D eigenvalue weighted by molar-refractivity contribution is 7.13. The molecule has 5 N–H and O–H groups in total. The lowest BCUT2D eigenvalue weighted by Gasteiger charge is -2.23. The largest absolute Gasteiger partial charge is 0.493 e. The summed E-state index contributed by atoms with van der Waals surface area (Å²) < 4.78 is 6.16. The van der Waals surface area contributed by atoms with Crippen LogP contribution in [0.5, 0.6) is 5.75 Å². The topological polar surface area (TPSA) is 144 Å². The fraction of sp³-hybridized carbons (Fsp3) is 0.333. The Kier molecular flexibility index (Phi) is 7.86. The maximum Gasteiger partial charge on any atom is 0.355 e. The van der Waals surface area contributed by atoms with Gasteiger partial charge in [-0.15, -0.1) is 11.3 Å². The first kappa shape index (κ1) is 30.1. The lowest BCUT2D eigenvalue weighted by Crippen LogP contribution is -2.39. The Morgan fingerprint density at radius 3 is 2.50 bits per heavy atom. The van der Waals surface area contributed by atoms with Crippen molar-refractivity contribution >= 4 is 34.8 Å². The number of anilines is 1. The number of nitrogens with zero attached hydrogens (tertiary/aromatic N) is 1. The molecule has 2 fully saturated rings. The Morgan fingerprint density at radius 1 is 1.00 bits per heavy atom. The summed E-state index contributed by atoms with van der Waals surface area (Å²) >= 11 is 1.57. The number of benzene rings is 2. The van der Waals surface area contributed by atoms with Crippen LogP contribution in [0.25, 0.3) is 21.6 Å². The number of ether oxygens (including phenoxy) is 1. The molecule has 9 nitrogen and oxygen atoms in total. The molecule has 3 atom stereocenters. The molecule has 2 amide bonds. The van der Waals surface area contributed by atoms with E-state index in [1.54, 1.807) is 29.5 Å². The Hall–Kier alpha value is -4.54. The molecule has 0 spiro atoms. The molecule has 2 saturated carbocycles. The van der Waals surface area contributed by atoms with Crippen molar-refractivity contribution in [2.75, 3.05) is 11.9 Å². The zero-order valence-electron chi connectivity index (χ0n) is 25.8. The van der Waals surface area contributed by atoms with Crippen molar-refractivity contribution in [2.45, 2.75) is 58.5 Å². The zero-order chi connectivity index (χ0) is 32.1. The van der Waals surface area contributed by atoms with Gasteiger partial charge in [0.05, 0.1) is 6.61 Å². The van der Waals surface area contributed by atoms with Gasteiger partial charge in [0.1, 0.15) is 11.4 Å². The number of amides is 2. The van der Waals surface area contributed by atoms with Crippen molar-refractivity contribution in [1.29, 1.82) is 0 Å². The number of carboxylic acids is 1. The van der Waals surface area contributed by atoms with Crippen LogP contribution in [0.2, 0.25) is 0 Å². The highest BCUT2D eigenvalue weighted by Gasteiger charge is 2.40. The van der Waals surface area contributed by atoms with E-state index >= 15 is 0 Å². The van der Waals surface area contributed by atoms with E-state index in [9.17, 15) is 19.5 Å². The van der Waals surface area contributed by atoms with Crippen LogP contribution >= 0.6 is 11.3 Å². The molecule has 2 aliphatic carbocycles. The van der Waals surface area contributed by atoms with Crippen molar-refractivity contribution < 1.29 is 24.2 Å². The monoisotopic (exact) mass is 636 g/mol. The van der Waals surface area contributed by atoms with Crippen LogP contribution in [0.3, 0.4) is 0 Å². The van der Waals surface area contributed by atoms with Crippen LogP contribution in [0.15, 0.2) is 47.8 Å². The number of aryl methyl sites for hydroxylation is 2. The van der Waals surface area contributed by atoms with Crippen LogP contribution < -0.4 is 21.1 Å². The van der Waals surface area contributed by atoms with E-state index in [-0.39, 0.29) is 34.5 Å². The Labute approximate surface area is 271 Å². The van der Waals surface area contributed by atoms with Gasteiger partial charge in [0, 0.05) is 51.8 Å². The number of aromatic nitrogens is 1. The van der Waals surface area contributed by atoms with Gasteiger partial charge in [0.2, 0.25) is 0 Å². The standard InChI is InChI=1S/C36H36N4O5S/c1-18-11-21(17-37)12-19(2)31(18)40-34(41)26-15-27-30(45-9-7-22-8-10-46-33(22)27)16-25(26)24-5-6-28(38-32(24)36(43)44)35(42)39-29-14-20-3-4-23(29)13-20/h5-6,8,10-12,15-16,20,23,29H,3-4,7,9,13-14,17,37H2,1-2H3,(H,39,42)(H,40,41)(H,43,44)/t20-,23+,29+/m1/s1. The van der Waals surface area contributed by atoms with Gasteiger partial charge in [0.15, 0.2) is 5.69 Å². The third-order valence-electron chi connectivity index (χ3n) is 9.73. The average molecular weight is 637 g/mol. The summed E-state index contributed by atoms with van der Waals surface area (Å²) in [6.45, 7) is 4.66. The predicted octanol–water partition coefficient (Wildman–Crippen LogP) is 6.36. The number of aromatic carboxylic acids is 1. The summed E-state index contributed by atoms with van der Waals surface area (Å²) in [6, 6.07) is 12.7. The first-order chi connectivity index (χ1) is 22.2. The minimum absolute atomic E-state index is 0.0374. The van der Waals surface area contributed by atoms with Gasteiger partial charge in [0.25, 0.3) is 11.8 Å². The van der Waals surface area contributed by atoms with E-state index in [1.165, 1.54) is 12.5 Å². The second-order valence-electron chi connectivity index (χ2n) is 12.7. The molecule has 4 aromatic rings. The van der Waals surface area contributed by atoms with Gasteiger partial charge in [-0.25, -0.2) is 9.78 Å². The summed E-state index contributed by atoms with van der Waals surface area (Å²) in [7, 11) is 0. The molecule has 3 heterocycles. The number of nitrogens with one attached hydrogen (secondary N) is 2. The Morgan fingerprint density at radius 2 is 1.80 bits per heavy atom. The Bertz CT molecular complexity index is 1880. The summed E-state index contributed by atoms with van der Waals surface area (Å²) in [5.74, 6) is -0.404. The molecule has 2 aromatic carbocycles. The van der Waals surface area contributed by atoms with Crippen molar-refractivity contribution in [1.82, 2.24) is 10.3 Å². The number of carbonyl (C=O) groups is 3. The molecule has 2 bridgehead atoms. The minimum Gasteiger partial charge on any atom is -0.493 e. The summed E-state index contributed by atoms with van der Waals surface area (Å²) in [4.78, 5) is 45.5. The van der Waals surface area contributed by atoms with E-state index in [1.807, 2.05) is 31.4 Å². The summed E-state index contributed by atoms with van der Waals surface area (Å²) in [5.41, 5.74) is 11.7. The molecular weight excluding hydrogens is 600 g/mol. The number of thiophene rings is 1. The van der Waals surface area contributed by atoms with Gasteiger partial charge in [-0.2, -0.15) is 0 Å². The number of carboxylic acid groups (broad SMARTS) is 1. The fourth-order valence-electron chi connectivity index (χ4n) is 7.51. The van der Waals surface area contributed by atoms with Gasteiger partial charge in [-0.3, -0.25) is 9.59 Å². The molecule has 236 valence electrons. The molecule has 1 aliphatic heterocycles. The first-order valence-corrected chi connectivity index (χ1v) is 16.6. The second kappa shape index (κ2) is 12.0. The molecule has 3 aliphatic rings. The van der Waals surface area contributed by atoms with E-state index in [2.05, 4.69) is 21.7 Å². The quantitative estimate of drug-likeness (QED) is 0.185. The van der Waals surface area contributed by atoms with Gasteiger partial charge in [-0.1, -0.05) is 18.6 Å². The van der Waals surface area contributed by atoms with Crippen LogP contribution in [0, 0.1) is 25.7 Å². The zero-order valence-corrected chi connectivity index (χ0v) is 26.6. The maximum absolute atomic E-state index is 14.2. The number of hydrogen-bond acceptors (Lipinski definition) is 7. The minimum atomic E-state index is -1.30. The first-order valence-electron chi connectivity index (χ1n) is 15.7. The number of hydrogen-bond donors (Lipinski definition) is 4. The van der Waals surface area contributed by atoms with Crippen molar-refractivity contribution in [3.63, 3.8) is 0 Å². The molecule has 0 radical (unpaired) electrons. The number of pyridine rings is 1. The fourth-order valence-corrected chi connectivity index (χ4v) is 8.48. The molecule has 2 aromatic heterocycles. The highest BCUT2D eigenvalue weighted by atomic mass is 32.1. The number of fused-ring (bicyclic) bond motifs is 5.